The van der Waals surface area contributed by atoms with Crippen LogP contribution in [0.25, 0.3) is 10.2 Å². The van der Waals surface area contributed by atoms with Gasteiger partial charge in [-0.15, -0.1) is 12.4 Å². The van der Waals surface area contributed by atoms with Gasteiger partial charge in [0.15, 0.2) is 5.13 Å². The maximum Gasteiger partial charge on any atom is 0.261 e. The molecule has 0 unspecified atom stereocenters. The molecule has 0 aliphatic carbocycles. The third-order valence-electron chi connectivity index (χ3n) is 6.61. The van der Waals surface area contributed by atoms with Gasteiger partial charge in [-0.3, -0.25) is 14.4 Å². The number of carbonyl (C=O) groups excluding carboxylic acids is 1. The van der Waals surface area contributed by atoms with Crippen molar-refractivity contribution < 1.29 is 13.2 Å². The van der Waals surface area contributed by atoms with Crippen LogP contribution in [-0.2, 0) is 10.0 Å². The number of anilines is 2. The molecule has 0 saturated carbocycles. The number of sulfonamides is 1. The number of amides is 1. The van der Waals surface area contributed by atoms with Crippen molar-refractivity contribution in [3.8, 4) is 0 Å². The highest BCUT2D eigenvalue weighted by molar-refractivity contribution is 7.92. The normalized spacial score (nSPS) is 14.2. The number of hydrogen-bond donors (Lipinski definition) is 2. The lowest BCUT2D eigenvalue weighted by Crippen LogP contribution is -2.48. The monoisotopic (exact) mass is 585 g/mol. The summed E-state index contributed by atoms with van der Waals surface area (Å²) >= 11 is 1.75. The molecule has 2 N–H and O–H groups in total. The number of nitrogens with zero attached hydrogens (tertiary/aromatic N) is 3. The van der Waals surface area contributed by atoms with Crippen LogP contribution in [0, 0.1) is 13.8 Å². The van der Waals surface area contributed by atoms with Gasteiger partial charge in [0.1, 0.15) is 0 Å². The molecule has 1 aromatic heterocycles. The van der Waals surface area contributed by atoms with E-state index in [-0.39, 0.29) is 23.2 Å². The fraction of sp³-hybridized carbons (Fsp3) is 0.286. The molecular formula is C28H32ClN5O3S2. The van der Waals surface area contributed by atoms with Crippen LogP contribution in [0.5, 0.6) is 0 Å². The number of benzene rings is 3. The fourth-order valence-electron chi connectivity index (χ4n) is 4.62. The molecule has 1 fully saturated rings. The first-order valence-corrected chi connectivity index (χ1v) is 14.9. The van der Waals surface area contributed by atoms with Gasteiger partial charge in [0, 0.05) is 50.5 Å². The third-order valence-corrected chi connectivity index (χ3v) is 9.07. The maximum atomic E-state index is 12.7. The number of carbonyl (C=O) groups is 1. The molecule has 39 heavy (non-hydrogen) atoms. The van der Waals surface area contributed by atoms with Crippen LogP contribution in [0.15, 0.2) is 71.6 Å². The summed E-state index contributed by atoms with van der Waals surface area (Å²) in [7, 11) is -3.72. The first-order chi connectivity index (χ1) is 18.3. The van der Waals surface area contributed by atoms with Gasteiger partial charge in [0.2, 0.25) is 0 Å². The lowest BCUT2D eigenvalue weighted by atomic mass is 10.1. The lowest BCUT2D eigenvalue weighted by Gasteiger charge is -2.34. The Kier molecular flexibility index (Phi) is 9.12. The Bertz CT molecular complexity index is 1550. The van der Waals surface area contributed by atoms with E-state index in [0.717, 1.165) is 43.4 Å². The molecule has 8 nitrogen and oxygen atoms in total. The topological polar surface area (TPSA) is 94.6 Å². The van der Waals surface area contributed by atoms with Crippen LogP contribution in [0.4, 0.5) is 10.8 Å². The molecule has 0 bridgehead atoms. The minimum atomic E-state index is -3.72. The summed E-state index contributed by atoms with van der Waals surface area (Å²) in [6.07, 6.45) is 0. The van der Waals surface area contributed by atoms with Crippen molar-refractivity contribution in [3.63, 3.8) is 0 Å². The van der Waals surface area contributed by atoms with Crippen LogP contribution in [0.2, 0.25) is 0 Å². The summed E-state index contributed by atoms with van der Waals surface area (Å²) in [4.78, 5) is 22.5. The largest absolute Gasteiger partial charge is 0.351 e. The number of aryl methyl sites for hydroxylation is 2. The van der Waals surface area contributed by atoms with Gasteiger partial charge >= 0.3 is 0 Å². The predicted octanol–water partition coefficient (Wildman–Crippen LogP) is 4.69. The maximum absolute atomic E-state index is 12.7. The molecule has 0 radical (unpaired) electrons. The summed E-state index contributed by atoms with van der Waals surface area (Å²) in [6.45, 7) is 9.10. The van der Waals surface area contributed by atoms with Crippen LogP contribution in [-0.4, -0.2) is 63.5 Å². The summed E-state index contributed by atoms with van der Waals surface area (Å²) in [5.41, 5.74) is 4.33. The van der Waals surface area contributed by atoms with Gasteiger partial charge in [0.25, 0.3) is 15.9 Å². The Morgan fingerprint density at radius 1 is 0.974 bits per heavy atom. The van der Waals surface area contributed by atoms with E-state index in [2.05, 4.69) is 45.8 Å². The predicted molar refractivity (Wildman–Crippen MR) is 161 cm³/mol. The van der Waals surface area contributed by atoms with Crippen molar-refractivity contribution in [1.29, 1.82) is 0 Å². The molecule has 11 heteroatoms. The van der Waals surface area contributed by atoms with E-state index in [1.165, 1.54) is 28.0 Å². The van der Waals surface area contributed by atoms with Crippen LogP contribution in [0.1, 0.15) is 21.5 Å². The second-order valence-electron chi connectivity index (χ2n) is 9.51. The van der Waals surface area contributed by atoms with E-state index < -0.39 is 10.0 Å². The smallest absolute Gasteiger partial charge is 0.261 e. The summed E-state index contributed by atoms with van der Waals surface area (Å²) in [5, 5.41) is 4.03. The number of fused-ring (bicyclic) bond motifs is 1. The van der Waals surface area contributed by atoms with Gasteiger partial charge in [0.05, 0.1) is 15.1 Å². The first kappa shape index (κ1) is 28.8. The average Bonchev–Trinajstić information content (AvgIpc) is 3.34. The number of halogens is 1. The minimum absolute atomic E-state index is 0. The van der Waals surface area contributed by atoms with Gasteiger partial charge < -0.3 is 10.2 Å². The number of nitrogens with one attached hydrogen (secondary N) is 2. The number of aromatic nitrogens is 1. The number of rotatable bonds is 8. The van der Waals surface area contributed by atoms with E-state index in [1.54, 1.807) is 53.8 Å². The van der Waals surface area contributed by atoms with Gasteiger partial charge in [-0.2, -0.15) is 0 Å². The van der Waals surface area contributed by atoms with Gasteiger partial charge in [-0.25, -0.2) is 13.4 Å². The van der Waals surface area contributed by atoms with E-state index in [9.17, 15) is 13.2 Å². The standard InChI is InChI=1S/C28H31N5O3S2.ClH/c1-20-17-21(2)26-25(18-20)37-28(30-26)33-15-13-32(14-16-33)12-11-29-27(34)22-7-6-8-23(19-22)31-38(35,36)24-9-4-3-5-10-24;/h3-10,17-19,31H,11-16H2,1-2H3,(H,29,34);1H. The summed E-state index contributed by atoms with van der Waals surface area (Å²) < 4.78 is 29.0. The van der Waals surface area contributed by atoms with E-state index >= 15 is 0 Å². The fourth-order valence-corrected chi connectivity index (χ4v) is 6.89. The SMILES string of the molecule is Cc1cc(C)c2nc(N3CCN(CCNC(=O)c4cccc(NS(=O)(=O)c5ccccc5)c4)CC3)sc2c1.Cl. The quantitative estimate of drug-likeness (QED) is 0.312. The van der Waals surface area contributed by atoms with Crippen LogP contribution >= 0.6 is 23.7 Å². The van der Waals surface area contributed by atoms with E-state index in [1.807, 2.05) is 0 Å². The molecule has 2 heterocycles. The zero-order valence-corrected chi connectivity index (χ0v) is 24.3. The Labute approximate surface area is 239 Å². The zero-order valence-electron chi connectivity index (χ0n) is 21.9. The Hall–Kier alpha value is -3.18. The van der Waals surface area contributed by atoms with Gasteiger partial charge in [-0.1, -0.05) is 41.7 Å². The molecule has 1 amide bonds. The minimum Gasteiger partial charge on any atom is -0.351 e. The van der Waals surface area contributed by atoms with E-state index in [4.69, 9.17) is 4.98 Å². The average molecular weight is 586 g/mol. The molecule has 0 atom stereocenters. The molecule has 1 saturated heterocycles. The zero-order chi connectivity index (χ0) is 26.7. The molecule has 206 valence electrons. The van der Waals surface area contributed by atoms with Crippen LogP contribution < -0.4 is 14.9 Å². The van der Waals surface area contributed by atoms with Crippen molar-refractivity contribution in [2.75, 3.05) is 48.9 Å². The number of hydrogen-bond acceptors (Lipinski definition) is 7. The highest BCUT2D eigenvalue weighted by Crippen LogP contribution is 2.32. The molecule has 4 aromatic rings. The van der Waals surface area contributed by atoms with Crippen molar-refractivity contribution in [3.05, 3.63) is 83.4 Å². The Morgan fingerprint density at radius 3 is 2.46 bits per heavy atom. The van der Waals surface area contributed by atoms with Crippen molar-refractivity contribution >= 4 is 60.7 Å². The lowest BCUT2D eigenvalue weighted by molar-refractivity contribution is 0.0948. The highest BCUT2D eigenvalue weighted by atomic mass is 35.5. The Morgan fingerprint density at radius 2 is 1.72 bits per heavy atom. The number of piperazine rings is 1. The molecular weight excluding hydrogens is 554 g/mol. The van der Waals surface area contributed by atoms with Crippen LogP contribution in [0.3, 0.4) is 0 Å². The first-order valence-electron chi connectivity index (χ1n) is 12.6. The van der Waals surface area contributed by atoms with Crippen molar-refractivity contribution in [1.82, 2.24) is 15.2 Å². The van der Waals surface area contributed by atoms with Crippen molar-refractivity contribution in [2.45, 2.75) is 18.7 Å². The third kappa shape index (κ3) is 6.88. The van der Waals surface area contributed by atoms with Crippen molar-refractivity contribution in [2.24, 2.45) is 0 Å². The summed E-state index contributed by atoms with van der Waals surface area (Å²) in [5.74, 6) is -0.232. The molecule has 5 rings (SSSR count). The van der Waals surface area contributed by atoms with Gasteiger partial charge in [-0.05, 0) is 61.4 Å². The molecule has 3 aromatic carbocycles. The Balaban J connectivity index is 0.00000353. The molecule has 1 aliphatic heterocycles. The number of thiazole rings is 1. The van der Waals surface area contributed by atoms with E-state index in [0.29, 0.717) is 17.8 Å². The second-order valence-corrected chi connectivity index (χ2v) is 12.2. The second kappa shape index (κ2) is 12.3. The molecule has 0 spiro atoms. The highest BCUT2D eigenvalue weighted by Gasteiger charge is 2.20. The summed E-state index contributed by atoms with van der Waals surface area (Å²) in [6, 6.07) is 19.1. The molecule has 1 aliphatic rings.